The van der Waals surface area contributed by atoms with Gasteiger partial charge in [-0.1, -0.05) is 11.6 Å². The van der Waals surface area contributed by atoms with E-state index in [4.69, 9.17) is 11.6 Å². The Morgan fingerprint density at radius 1 is 1.34 bits per heavy atom. The second-order valence-corrected chi connectivity index (χ2v) is 9.51. The molecule has 0 radical (unpaired) electrons. The van der Waals surface area contributed by atoms with Gasteiger partial charge in [0.05, 0.1) is 11.2 Å². The van der Waals surface area contributed by atoms with Crippen LogP contribution in [-0.2, 0) is 10.7 Å². The van der Waals surface area contributed by atoms with Gasteiger partial charge in [0.25, 0.3) is 0 Å². The minimum absolute atomic E-state index is 0.0792. The first-order valence-electron chi connectivity index (χ1n) is 9.07. The van der Waals surface area contributed by atoms with Gasteiger partial charge in [0, 0.05) is 42.5 Å². The average molecular weight is 439 g/mol. The molecule has 0 bridgehead atoms. The molecule has 4 rings (SSSR count). The number of likely N-dealkylation sites (tertiary alicyclic amines) is 1. The molecule has 0 aliphatic carbocycles. The molecule has 3 aromatic heterocycles. The Hall–Kier alpha value is -2.30. The number of halogens is 2. The molecular weight excluding hydrogens is 419 g/mol. The third-order valence-corrected chi connectivity index (χ3v) is 6.62. The number of nitrogens with one attached hydrogen (secondary N) is 2. The Labute approximate surface area is 173 Å². The maximum absolute atomic E-state index is 14.4. The molecule has 4 heterocycles. The van der Waals surface area contributed by atoms with Crippen LogP contribution in [-0.4, -0.2) is 57.3 Å². The smallest absolute Gasteiger partial charge is 0.183 e. The first-order chi connectivity index (χ1) is 13.8. The van der Waals surface area contributed by atoms with E-state index in [0.717, 1.165) is 11.6 Å². The monoisotopic (exact) mass is 438 g/mol. The van der Waals surface area contributed by atoms with Gasteiger partial charge < -0.3 is 10.3 Å². The summed E-state index contributed by atoms with van der Waals surface area (Å²) in [5.41, 5.74) is 1.29. The molecule has 1 aliphatic rings. The van der Waals surface area contributed by atoms with E-state index >= 15 is 0 Å². The molecule has 1 atom stereocenters. The molecule has 0 saturated carbocycles. The number of hydrogen-bond acceptors (Lipinski definition) is 7. The van der Waals surface area contributed by atoms with Gasteiger partial charge in [0.2, 0.25) is 0 Å². The molecule has 154 valence electrons. The van der Waals surface area contributed by atoms with Crippen LogP contribution in [0.3, 0.4) is 0 Å². The van der Waals surface area contributed by atoms with Gasteiger partial charge in [-0.05, 0) is 26.3 Å². The fourth-order valence-electron chi connectivity index (χ4n) is 3.44. The quantitative estimate of drug-likeness (QED) is 0.526. The molecule has 0 aromatic carbocycles. The summed E-state index contributed by atoms with van der Waals surface area (Å²) in [6.07, 6.45) is 5.03. The first-order valence-corrected chi connectivity index (χ1v) is 10.6. The van der Waals surface area contributed by atoms with E-state index < -0.39 is 21.4 Å². The van der Waals surface area contributed by atoms with Crippen LogP contribution in [0.4, 0.5) is 10.2 Å². The number of aromatic amines is 1. The molecule has 0 amide bonds. The highest BCUT2D eigenvalue weighted by Crippen LogP contribution is 2.29. The van der Waals surface area contributed by atoms with Crippen LogP contribution in [0.1, 0.15) is 20.3 Å². The van der Waals surface area contributed by atoms with Gasteiger partial charge in [-0.15, -0.1) is 0 Å². The van der Waals surface area contributed by atoms with Crippen molar-refractivity contribution >= 4 is 39.2 Å². The van der Waals surface area contributed by atoms with Gasteiger partial charge in [0.15, 0.2) is 28.2 Å². The van der Waals surface area contributed by atoms with E-state index in [1.54, 1.807) is 26.1 Å². The molecule has 1 unspecified atom stereocenters. The van der Waals surface area contributed by atoms with Crippen molar-refractivity contribution in [1.82, 2.24) is 24.8 Å². The minimum atomic E-state index is -2.61. The van der Waals surface area contributed by atoms with E-state index in [2.05, 4.69) is 25.3 Å². The standard InChI is InChI=1S/C18H20ClFN6O2S/c1-18(2,29(27)28)26-4-3-11(9-26)24-17-14(20)8-23-16(25-17)13-7-22-15-12(13)5-10(19)6-21-15/h5-8,11,29H,3-4,9H2,1-2H3,(H,21,22)(H,23,24,25). The van der Waals surface area contributed by atoms with Crippen molar-refractivity contribution in [3.8, 4) is 11.4 Å². The SMILES string of the molecule is CC(C)(N1CCC(Nc2nc(-c3c[nH]c4ncc(Cl)cc34)ncc2F)C1)[SH](=O)=O. The maximum atomic E-state index is 14.4. The van der Waals surface area contributed by atoms with Gasteiger partial charge in [0.1, 0.15) is 10.5 Å². The lowest BCUT2D eigenvalue weighted by Gasteiger charge is -2.29. The predicted molar refractivity (Wildman–Crippen MR) is 110 cm³/mol. The maximum Gasteiger partial charge on any atom is 0.183 e. The number of fused-ring (bicyclic) bond motifs is 1. The number of anilines is 1. The number of rotatable bonds is 5. The zero-order valence-electron chi connectivity index (χ0n) is 15.8. The number of pyridine rings is 1. The lowest BCUT2D eigenvalue weighted by molar-refractivity contribution is 0.233. The van der Waals surface area contributed by atoms with E-state index in [9.17, 15) is 12.8 Å². The molecule has 3 aromatic rings. The topological polar surface area (TPSA) is 104 Å². The van der Waals surface area contributed by atoms with Crippen LogP contribution >= 0.6 is 11.6 Å². The molecule has 11 heteroatoms. The summed E-state index contributed by atoms with van der Waals surface area (Å²) < 4.78 is 37.4. The van der Waals surface area contributed by atoms with E-state index in [1.807, 2.05) is 4.90 Å². The lowest BCUT2D eigenvalue weighted by atomic mass is 10.2. The summed E-state index contributed by atoms with van der Waals surface area (Å²) in [7, 11) is -2.61. The molecule has 8 nitrogen and oxygen atoms in total. The Kier molecular flexibility index (Phi) is 5.18. The fraction of sp³-hybridized carbons (Fsp3) is 0.389. The molecule has 1 fully saturated rings. The third kappa shape index (κ3) is 3.79. The van der Waals surface area contributed by atoms with Crippen LogP contribution in [0.5, 0.6) is 0 Å². The molecular formula is C18H20ClFN6O2S. The highest BCUT2D eigenvalue weighted by Gasteiger charge is 2.36. The summed E-state index contributed by atoms with van der Waals surface area (Å²) in [6.45, 7) is 4.41. The molecule has 0 spiro atoms. The summed E-state index contributed by atoms with van der Waals surface area (Å²) in [4.78, 5) is 16.6. The molecule has 1 aliphatic heterocycles. The van der Waals surface area contributed by atoms with Crippen LogP contribution in [0.15, 0.2) is 24.7 Å². The van der Waals surface area contributed by atoms with Crippen molar-refractivity contribution in [1.29, 1.82) is 0 Å². The zero-order chi connectivity index (χ0) is 20.8. The summed E-state index contributed by atoms with van der Waals surface area (Å²) in [6, 6.07) is 1.62. The van der Waals surface area contributed by atoms with Crippen molar-refractivity contribution in [3.05, 3.63) is 35.5 Å². The van der Waals surface area contributed by atoms with Crippen molar-refractivity contribution in [2.45, 2.75) is 31.2 Å². The van der Waals surface area contributed by atoms with Gasteiger partial charge in [-0.2, -0.15) is 0 Å². The van der Waals surface area contributed by atoms with Crippen LogP contribution in [0, 0.1) is 5.82 Å². The molecule has 1 saturated heterocycles. The number of thiol groups is 1. The number of hydrogen-bond donors (Lipinski definition) is 3. The largest absolute Gasteiger partial charge is 0.363 e. The van der Waals surface area contributed by atoms with Crippen LogP contribution < -0.4 is 5.32 Å². The number of H-pyrrole nitrogens is 1. The van der Waals surface area contributed by atoms with E-state index in [1.165, 1.54) is 6.20 Å². The summed E-state index contributed by atoms with van der Waals surface area (Å²) in [5.74, 6) is -0.157. The summed E-state index contributed by atoms with van der Waals surface area (Å²) >= 11 is 6.04. The molecule has 2 N–H and O–H groups in total. The fourth-order valence-corrected chi connectivity index (χ4v) is 4.02. The van der Waals surface area contributed by atoms with E-state index in [0.29, 0.717) is 41.6 Å². The summed E-state index contributed by atoms with van der Waals surface area (Å²) in [5, 5.41) is 4.31. The Morgan fingerprint density at radius 3 is 2.90 bits per heavy atom. The van der Waals surface area contributed by atoms with Gasteiger partial charge in [-0.25, -0.2) is 27.8 Å². The lowest BCUT2D eigenvalue weighted by Crippen LogP contribution is -2.44. The molecule has 29 heavy (non-hydrogen) atoms. The number of nitrogens with zero attached hydrogens (tertiary/aromatic N) is 4. The zero-order valence-corrected chi connectivity index (χ0v) is 17.5. The highest BCUT2D eigenvalue weighted by atomic mass is 35.5. The average Bonchev–Trinajstić information content (AvgIpc) is 3.30. The Morgan fingerprint density at radius 2 is 2.14 bits per heavy atom. The van der Waals surface area contributed by atoms with Gasteiger partial charge >= 0.3 is 0 Å². The van der Waals surface area contributed by atoms with Crippen LogP contribution in [0.2, 0.25) is 5.02 Å². The van der Waals surface area contributed by atoms with Crippen molar-refractivity contribution in [2.24, 2.45) is 0 Å². The highest BCUT2D eigenvalue weighted by molar-refractivity contribution is 7.73. The minimum Gasteiger partial charge on any atom is -0.363 e. The predicted octanol–water partition coefficient (Wildman–Crippen LogP) is 2.65. The second kappa shape index (κ2) is 7.51. The first kappa shape index (κ1) is 20.0. The second-order valence-electron chi connectivity index (χ2n) is 7.47. The van der Waals surface area contributed by atoms with E-state index in [-0.39, 0.29) is 11.9 Å². The Balaban J connectivity index is 1.59. The van der Waals surface area contributed by atoms with Gasteiger partial charge in [-0.3, -0.25) is 4.90 Å². The van der Waals surface area contributed by atoms with Crippen molar-refractivity contribution < 1.29 is 12.8 Å². The van der Waals surface area contributed by atoms with Crippen molar-refractivity contribution in [2.75, 3.05) is 18.4 Å². The third-order valence-electron chi connectivity index (χ3n) is 5.23. The Bertz CT molecular complexity index is 1140. The van der Waals surface area contributed by atoms with Crippen molar-refractivity contribution in [3.63, 3.8) is 0 Å². The number of aromatic nitrogens is 4. The van der Waals surface area contributed by atoms with Crippen LogP contribution in [0.25, 0.3) is 22.4 Å². The normalized spacial score (nSPS) is 18.0.